The summed E-state index contributed by atoms with van der Waals surface area (Å²) in [5.74, 6) is 2.74. The molecule has 18 heavy (non-hydrogen) atoms. The number of nitrogens with zero attached hydrogens (tertiary/aromatic N) is 4. The number of aromatic nitrogens is 2. The number of rotatable bonds is 4. The summed E-state index contributed by atoms with van der Waals surface area (Å²) >= 11 is 0. The molecule has 0 bridgehead atoms. The van der Waals surface area contributed by atoms with Gasteiger partial charge in [-0.05, 0) is 26.7 Å². The van der Waals surface area contributed by atoms with Gasteiger partial charge < -0.3 is 10.6 Å². The summed E-state index contributed by atoms with van der Waals surface area (Å²) in [6.45, 7) is 3.94. The van der Waals surface area contributed by atoms with Gasteiger partial charge in [0, 0.05) is 24.6 Å². The van der Waals surface area contributed by atoms with Crippen LogP contribution in [0.2, 0.25) is 0 Å². The summed E-state index contributed by atoms with van der Waals surface area (Å²) in [7, 11) is 1.95. The Labute approximate surface area is 108 Å². The Balaban J connectivity index is 2.33. The van der Waals surface area contributed by atoms with Gasteiger partial charge in [-0.2, -0.15) is 5.26 Å². The van der Waals surface area contributed by atoms with Crippen molar-refractivity contribution in [3.8, 4) is 6.07 Å². The highest BCUT2D eigenvalue weighted by atomic mass is 15.2. The summed E-state index contributed by atoms with van der Waals surface area (Å²) in [5.41, 5.74) is 6.85. The molecule has 0 aromatic carbocycles. The van der Waals surface area contributed by atoms with Gasteiger partial charge in [0.2, 0.25) is 0 Å². The highest BCUT2D eigenvalue weighted by molar-refractivity contribution is 5.57. The van der Waals surface area contributed by atoms with Gasteiger partial charge in [-0.3, -0.25) is 0 Å². The number of hydrogen-bond donors (Lipinski definition) is 1. The Morgan fingerprint density at radius 1 is 1.50 bits per heavy atom. The first-order chi connectivity index (χ1) is 8.54. The van der Waals surface area contributed by atoms with Gasteiger partial charge in [-0.15, -0.1) is 0 Å². The molecular weight excluding hydrogens is 226 g/mol. The van der Waals surface area contributed by atoms with E-state index in [0.29, 0.717) is 18.2 Å². The molecule has 1 fully saturated rings. The fourth-order valence-corrected chi connectivity index (χ4v) is 1.88. The minimum Gasteiger partial charge on any atom is -0.383 e. The van der Waals surface area contributed by atoms with Crippen molar-refractivity contribution in [3.05, 3.63) is 11.4 Å². The Morgan fingerprint density at radius 3 is 2.72 bits per heavy atom. The molecule has 5 heteroatoms. The zero-order chi connectivity index (χ0) is 13.3. The van der Waals surface area contributed by atoms with E-state index < -0.39 is 0 Å². The lowest BCUT2D eigenvalue weighted by Crippen LogP contribution is -2.30. The molecule has 1 heterocycles. The topological polar surface area (TPSA) is 78.8 Å². The van der Waals surface area contributed by atoms with Crippen LogP contribution in [0.15, 0.2) is 0 Å². The Kier molecular flexibility index (Phi) is 3.37. The summed E-state index contributed by atoms with van der Waals surface area (Å²) in [6.07, 6.45) is 2.78. The zero-order valence-electron chi connectivity index (χ0n) is 11.1. The van der Waals surface area contributed by atoms with E-state index in [1.165, 1.54) is 0 Å². The van der Waals surface area contributed by atoms with Crippen molar-refractivity contribution in [3.63, 3.8) is 0 Å². The average Bonchev–Trinajstić information content (AvgIpc) is 3.16. The molecule has 1 atom stereocenters. The zero-order valence-corrected chi connectivity index (χ0v) is 11.1. The Hall–Kier alpha value is -1.83. The van der Waals surface area contributed by atoms with Gasteiger partial charge in [0.15, 0.2) is 0 Å². The van der Waals surface area contributed by atoms with Gasteiger partial charge >= 0.3 is 0 Å². The van der Waals surface area contributed by atoms with E-state index in [2.05, 4.69) is 16.0 Å². The molecule has 0 spiro atoms. The predicted octanol–water partition coefficient (Wildman–Crippen LogP) is 1.98. The second-order valence-electron chi connectivity index (χ2n) is 5.01. The van der Waals surface area contributed by atoms with Crippen molar-refractivity contribution >= 4 is 11.6 Å². The minimum absolute atomic E-state index is 0.120. The van der Waals surface area contributed by atoms with Crippen LogP contribution in [0, 0.1) is 18.3 Å². The maximum Gasteiger partial charge on any atom is 0.137 e. The second kappa shape index (κ2) is 4.81. The van der Waals surface area contributed by atoms with E-state index in [-0.39, 0.29) is 6.04 Å². The summed E-state index contributed by atoms with van der Waals surface area (Å²) in [5, 5.41) is 8.78. The fraction of sp³-hybridized carbons (Fsp3) is 0.615. The predicted molar refractivity (Wildman–Crippen MR) is 71.3 cm³/mol. The molecule has 0 amide bonds. The number of nitriles is 1. The number of nitrogens with two attached hydrogens (primary N) is 1. The van der Waals surface area contributed by atoms with Gasteiger partial charge in [0.1, 0.15) is 17.5 Å². The van der Waals surface area contributed by atoms with Gasteiger partial charge in [0.25, 0.3) is 0 Å². The van der Waals surface area contributed by atoms with E-state index in [0.717, 1.165) is 30.0 Å². The molecule has 1 unspecified atom stereocenters. The van der Waals surface area contributed by atoms with Crippen LogP contribution in [0.3, 0.4) is 0 Å². The summed E-state index contributed by atoms with van der Waals surface area (Å²) in [4.78, 5) is 11.0. The number of hydrogen-bond acceptors (Lipinski definition) is 5. The molecule has 1 saturated carbocycles. The lowest BCUT2D eigenvalue weighted by molar-refractivity contribution is 0.687. The van der Waals surface area contributed by atoms with E-state index in [1.807, 2.05) is 25.8 Å². The molecule has 2 N–H and O–H groups in total. The van der Waals surface area contributed by atoms with Crippen LogP contribution < -0.4 is 10.6 Å². The summed E-state index contributed by atoms with van der Waals surface area (Å²) in [6, 6.07) is 2.31. The molecule has 1 aliphatic rings. The van der Waals surface area contributed by atoms with E-state index >= 15 is 0 Å². The molecule has 1 aromatic rings. The van der Waals surface area contributed by atoms with Crippen LogP contribution in [-0.4, -0.2) is 23.1 Å². The van der Waals surface area contributed by atoms with Crippen LogP contribution in [-0.2, 0) is 0 Å². The van der Waals surface area contributed by atoms with Gasteiger partial charge in [0.05, 0.1) is 12.5 Å². The number of nitrogen functional groups attached to an aromatic ring is 1. The molecule has 5 nitrogen and oxygen atoms in total. The molecular formula is C13H19N5. The molecule has 0 saturated heterocycles. The van der Waals surface area contributed by atoms with Crippen molar-refractivity contribution in [2.45, 2.75) is 45.1 Å². The highest BCUT2D eigenvalue weighted by Gasteiger charge is 2.28. The first kappa shape index (κ1) is 12.6. The summed E-state index contributed by atoms with van der Waals surface area (Å²) < 4.78 is 0. The first-order valence-electron chi connectivity index (χ1n) is 6.28. The van der Waals surface area contributed by atoms with Crippen molar-refractivity contribution in [2.24, 2.45) is 0 Å². The van der Waals surface area contributed by atoms with Gasteiger partial charge in [-0.25, -0.2) is 9.97 Å². The monoisotopic (exact) mass is 245 g/mol. The maximum absolute atomic E-state index is 8.78. The van der Waals surface area contributed by atoms with Crippen molar-refractivity contribution < 1.29 is 0 Å². The van der Waals surface area contributed by atoms with E-state index in [4.69, 9.17) is 11.0 Å². The standard InChI is InChI=1S/C13H19N5/c1-8(6-7-14)18(3)13-9(2)11(15)16-12(17-13)10-4-5-10/h8,10H,4-6H2,1-3H3,(H2,15,16,17). The average molecular weight is 245 g/mol. The lowest BCUT2D eigenvalue weighted by atomic mass is 10.2. The van der Waals surface area contributed by atoms with Crippen LogP contribution in [0.25, 0.3) is 0 Å². The second-order valence-corrected chi connectivity index (χ2v) is 5.01. The molecule has 96 valence electrons. The van der Waals surface area contributed by atoms with Crippen molar-refractivity contribution in [1.29, 1.82) is 5.26 Å². The molecule has 1 aliphatic carbocycles. The third-order valence-corrected chi connectivity index (χ3v) is 3.50. The lowest BCUT2D eigenvalue weighted by Gasteiger charge is -2.26. The van der Waals surface area contributed by atoms with Crippen LogP contribution in [0.5, 0.6) is 0 Å². The van der Waals surface area contributed by atoms with Crippen molar-refractivity contribution in [2.75, 3.05) is 17.7 Å². The van der Waals surface area contributed by atoms with Gasteiger partial charge in [-0.1, -0.05) is 0 Å². The minimum atomic E-state index is 0.120. The Bertz CT molecular complexity index is 487. The van der Waals surface area contributed by atoms with E-state index in [1.54, 1.807) is 0 Å². The quantitative estimate of drug-likeness (QED) is 0.877. The first-order valence-corrected chi connectivity index (χ1v) is 6.28. The maximum atomic E-state index is 8.78. The van der Waals surface area contributed by atoms with Crippen LogP contribution in [0.1, 0.15) is 43.5 Å². The third kappa shape index (κ3) is 2.37. The van der Waals surface area contributed by atoms with Crippen LogP contribution in [0.4, 0.5) is 11.6 Å². The highest BCUT2D eigenvalue weighted by Crippen LogP contribution is 2.39. The fourth-order valence-electron chi connectivity index (χ4n) is 1.88. The molecule has 1 aromatic heterocycles. The molecule has 0 aliphatic heterocycles. The van der Waals surface area contributed by atoms with Crippen molar-refractivity contribution in [1.82, 2.24) is 9.97 Å². The third-order valence-electron chi connectivity index (χ3n) is 3.50. The molecule has 2 rings (SSSR count). The number of anilines is 2. The van der Waals surface area contributed by atoms with Crippen LogP contribution >= 0.6 is 0 Å². The smallest absolute Gasteiger partial charge is 0.137 e. The largest absolute Gasteiger partial charge is 0.383 e. The Morgan fingerprint density at radius 2 is 2.17 bits per heavy atom. The molecule has 0 radical (unpaired) electrons. The SMILES string of the molecule is Cc1c(N)nc(C2CC2)nc1N(C)C(C)CC#N. The van der Waals surface area contributed by atoms with E-state index in [9.17, 15) is 0 Å². The normalized spacial score (nSPS) is 16.1.